The van der Waals surface area contributed by atoms with E-state index in [1.807, 2.05) is 30.3 Å². The van der Waals surface area contributed by atoms with E-state index in [4.69, 9.17) is 0 Å². The number of hydrogen-bond acceptors (Lipinski definition) is 3. The Bertz CT molecular complexity index is 514. The normalized spacial score (nSPS) is 9.83. The first-order valence-electron chi connectivity index (χ1n) is 5.44. The summed E-state index contributed by atoms with van der Waals surface area (Å²) in [5, 5.41) is 5.79. The van der Waals surface area contributed by atoms with E-state index in [1.165, 1.54) is 0 Å². The van der Waals surface area contributed by atoms with E-state index in [9.17, 15) is 4.79 Å². The van der Waals surface area contributed by atoms with Crippen LogP contribution in [0.3, 0.4) is 0 Å². The van der Waals surface area contributed by atoms with Gasteiger partial charge in [0, 0.05) is 5.69 Å². The number of amides is 1. The molecule has 0 bridgehead atoms. The summed E-state index contributed by atoms with van der Waals surface area (Å²) in [5.74, 6) is -0.108. The molecule has 0 saturated heterocycles. The standard InChI is InChI=1S/C13H12BrN3O/c14-12-7-6-11(8-16-12)17-13(18)9-15-10-4-2-1-3-5-10/h1-8,15H,9H2,(H,17,18). The van der Waals surface area contributed by atoms with Crippen LogP contribution in [-0.2, 0) is 4.79 Å². The molecule has 5 heteroatoms. The zero-order valence-electron chi connectivity index (χ0n) is 9.56. The smallest absolute Gasteiger partial charge is 0.243 e. The molecule has 18 heavy (non-hydrogen) atoms. The summed E-state index contributed by atoms with van der Waals surface area (Å²) in [4.78, 5) is 15.7. The Hall–Kier alpha value is -1.88. The van der Waals surface area contributed by atoms with E-state index < -0.39 is 0 Å². The maximum Gasteiger partial charge on any atom is 0.243 e. The highest BCUT2D eigenvalue weighted by atomic mass is 79.9. The van der Waals surface area contributed by atoms with Gasteiger partial charge in [-0.1, -0.05) is 18.2 Å². The largest absolute Gasteiger partial charge is 0.376 e. The van der Waals surface area contributed by atoms with Gasteiger partial charge in [-0.05, 0) is 40.2 Å². The van der Waals surface area contributed by atoms with Crippen LogP contribution in [0.5, 0.6) is 0 Å². The fraction of sp³-hybridized carbons (Fsp3) is 0.0769. The molecule has 4 nitrogen and oxygen atoms in total. The quantitative estimate of drug-likeness (QED) is 0.854. The number of carbonyl (C=O) groups excluding carboxylic acids is 1. The maximum atomic E-state index is 11.7. The lowest BCUT2D eigenvalue weighted by Gasteiger charge is -2.07. The van der Waals surface area contributed by atoms with Crippen molar-refractivity contribution in [3.05, 3.63) is 53.3 Å². The summed E-state index contributed by atoms with van der Waals surface area (Å²) in [7, 11) is 0. The van der Waals surface area contributed by atoms with Crippen molar-refractivity contribution in [2.75, 3.05) is 17.2 Å². The number of halogens is 1. The second-order valence-corrected chi connectivity index (χ2v) is 4.45. The summed E-state index contributed by atoms with van der Waals surface area (Å²) >= 11 is 3.24. The minimum Gasteiger partial charge on any atom is -0.376 e. The summed E-state index contributed by atoms with van der Waals surface area (Å²) in [6, 6.07) is 13.1. The number of anilines is 2. The number of nitrogens with zero attached hydrogens (tertiary/aromatic N) is 1. The van der Waals surface area contributed by atoms with Crippen molar-refractivity contribution in [3.63, 3.8) is 0 Å². The summed E-state index contributed by atoms with van der Waals surface area (Å²) in [5.41, 5.74) is 1.60. The lowest BCUT2D eigenvalue weighted by molar-refractivity contribution is -0.114. The molecule has 2 rings (SSSR count). The van der Waals surface area contributed by atoms with Crippen molar-refractivity contribution in [2.24, 2.45) is 0 Å². The van der Waals surface area contributed by atoms with Crippen molar-refractivity contribution in [3.8, 4) is 0 Å². The minimum atomic E-state index is -0.108. The van der Waals surface area contributed by atoms with E-state index in [-0.39, 0.29) is 12.5 Å². The molecule has 1 aromatic heterocycles. The van der Waals surface area contributed by atoms with Gasteiger partial charge in [0.2, 0.25) is 5.91 Å². The predicted octanol–water partition coefficient (Wildman–Crippen LogP) is 2.89. The van der Waals surface area contributed by atoms with Crippen LogP contribution >= 0.6 is 15.9 Å². The van der Waals surface area contributed by atoms with E-state index >= 15 is 0 Å². The van der Waals surface area contributed by atoms with Crippen LogP contribution in [0.15, 0.2) is 53.3 Å². The molecular formula is C13H12BrN3O. The summed E-state index contributed by atoms with van der Waals surface area (Å²) in [6.07, 6.45) is 1.60. The molecule has 0 unspecified atom stereocenters. The van der Waals surface area contributed by atoms with Crippen molar-refractivity contribution < 1.29 is 4.79 Å². The number of rotatable bonds is 4. The molecule has 1 heterocycles. The Labute approximate surface area is 114 Å². The fourth-order valence-electron chi connectivity index (χ4n) is 1.39. The van der Waals surface area contributed by atoms with Gasteiger partial charge in [0.1, 0.15) is 4.60 Å². The number of carbonyl (C=O) groups is 1. The number of nitrogens with one attached hydrogen (secondary N) is 2. The lowest BCUT2D eigenvalue weighted by Crippen LogP contribution is -2.21. The first kappa shape index (κ1) is 12.6. The van der Waals surface area contributed by atoms with Crippen LogP contribution in [0.25, 0.3) is 0 Å². The van der Waals surface area contributed by atoms with Crippen LogP contribution in [0, 0.1) is 0 Å². The van der Waals surface area contributed by atoms with Crippen LogP contribution < -0.4 is 10.6 Å². The van der Waals surface area contributed by atoms with Crippen molar-refractivity contribution in [1.82, 2.24) is 4.98 Å². The van der Waals surface area contributed by atoms with Gasteiger partial charge in [-0.3, -0.25) is 4.79 Å². The van der Waals surface area contributed by atoms with Gasteiger partial charge in [-0.2, -0.15) is 0 Å². The maximum absolute atomic E-state index is 11.7. The van der Waals surface area contributed by atoms with E-state index in [0.717, 1.165) is 10.3 Å². The highest BCUT2D eigenvalue weighted by molar-refractivity contribution is 9.10. The van der Waals surface area contributed by atoms with Crippen molar-refractivity contribution >= 4 is 33.2 Å². The summed E-state index contributed by atoms with van der Waals surface area (Å²) in [6.45, 7) is 0.222. The van der Waals surface area contributed by atoms with Crippen molar-refractivity contribution in [2.45, 2.75) is 0 Å². The molecule has 2 aromatic rings. The second kappa shape index (κ2) is 6.16. The molecule has 0 saturated carbocycles. The third-order valence-corrected chi connectivity index (χ3v) is 2.71. The molecule has 0 aliphatic heterocycles. The zero-order chi connectivity index (χ0) is 12.8. The molecular weight excluding hydrogens is 294 g/mol. The minimum absolute atomic E-state index is 0.108. The lowest BCUT2D eigenvalue weighted by atomic mass is 10.3. The SMILES string of the molecule is O=C(CNc1ccccc1)Nc1ccc(Br)nc1. The average Bonchev–Trinajstić information content (AvgIpc) is 2.40. The zero-order valence-corrected chi connectivity index (χ0v) is 11.1. The molecule has 0 atom stereocenters. The molecule has 2 N–H and O–H groups in total. The second-order valence-electron chi connectivity index (χ2n) is 3.64. The number of benzene rings is 1. The molecule has 0 aliphatic rings. The van der Waals surface area contributed by atoms with Gasteiger partial charge in [0.05, 0.1) is 18.4 Å². The van der Waals surface area contributed by atoms with Gasteiger partial charge >= 0.3 is 0 Å². The molecule has 0 radical (unpaired) electrons. The monoisotopic (exact) mass is 305 g/mol. The third kappa shape index (κ3) is 3.85. The number of aromatic nitrogens is 1. The van der Waals surface area contributed by atoms with Gasteiger partial charge in [-0.25, -0.2) is 4.98 Å². The number of para-hydroxylation sites is 1. The van der Waals surface area contributed by atoms with Gasteiger partial charge in [0.25, 0.3) is 0 Å². The predicted molar refractivity (Wildman–Crippen MR) is 75.5 cm³/mol. The summed E-state index contributed by atoms with van der Waals surface area (Å²) < 4.78 is 0.739. The molecule has 1 amide bonds. The van der Waals surface area contributed by atoms with Gasteiger partial charge in [0.15, 0.2) is 0 Å². The van der Waals surface area contributed by atoms with Crippen LogP contribution in [-0.4, -0.2) is 17.4 Å². The van der Waals surface area contributed by atoms with Crippen LogP contribution in [0.2, 0.25) is 0 Å². The average molecular weight is 306 g/mol. The first-order valence-corrected chi connectivity index (χ1v) is 6.24. The molecule has 0 aliphatic carbocycles. The van der Waals surface area contributed by atoms with Gasteiger partial charge in [-0.15, -0.1) is 0 Å². The number of pyridine rings is 1. The van der Waals surface area contributed by atoms with Gasteiger partial charge < -0.3 is 10.6 Å². The van der Waals surface area contributed by atoms with E-state index in [1.54, 1.807) is 18.3 Å². The first-order chi connectivity index (χ1) is 8.74. The van der Waals surface area contributed by atoms with Crippen LogP contribution in [0.1, 0.15) is 0 Å². The molecule has 92 valence electrons. The van der Waals surface area contributed by atoms with E-state index in [2.05, 4.69) is 31.5 Å². The molecule has 0 spiro atoms. The Kier molecular flexibility index (Phi) is 4.30. The molecule has 0 fully saturated rings. The Morgan fingerprint density at radius 1 is 1.11 bits per heavy atom. The fourth-order valence-corrected chi connectivity index (χ4v) is 1.63. The Morgan fingerprint density at radius 2 is 1.89 bits per heavy atom. The topological polar surface area (TPSA) is 54.0 Å². The Balaban J connectivity index is 1.84. The third-order valence-electron chi connectivity index (χ3n) is 2.24. The molecule has 1 aromatic carbocycles. The highest BCUT2D eigenvalue weighted by Gasteiger charge is 2.02. The van der Waals surface area contributed by atoms with E-state index in [0.29, 0.717) is 5.69 Å². The highest BCUT2D eigenvalue weighted by Crippen LogP contribution is 2.10. The Morgan fingerprint density at radius 3 is 2.56 bits per heavy atom. The van der Waals surface area contributed by atoms with Crippen molar-refractivity contribution in [1.29, 1.82) is 0 Å². The number of hydrogen-bond donors (Lipinski definition) is 2. The van der Waals surface area contributed by atoms with Crippen LogP contribution in [0.4, 0.5) is 11.4 Å².